The van der Waals surface area contributed by atoms with Gasteiger partial charge in [-0.3, -0.25) is 28.8 Å². The minimum absolute atomic E-state index is 0.00493. The van der Waals surface area contributed by atoms with Crippen LogP contribution in [0.25, 0.3) is 0 Å². The monoisotopic (exact) mass is 1230 g/mol. The van der Waals surface area contributed by atoms with Gasteiger partial charge in [0.2, 0.25) is 11.8 Å². The number of aliphatic hydroxyl groups is 1. The van der Waals surface area contributed by atoms with Crippen LogP contribution in [0.1, 0.15) is 253 Å². The van der Waals surface area contributed by atoms with E-state index < -0.39 is 92.7 Å². The number of nitrogens with zero attached hydrogens (tertiary/aromatic N) is 2. The maximum Gasteiger partial charge on any atom is 0.326 e. The lowest BCUT2D eigenvalue weighted by Gasteiger charge is -2.40. The van der Waals surface area contributed by atoms with Crippen molar-refractivity contribution in [2.24, 2.45) is 79.8 Å². The molecule has 0 bridgehead atoms. The molecule has 15 nitrogen and oxygen atoms in total. The molecule has 2 amide bonds. The standard InChI is InChI=1S/C40H67NO7S.C28H47NO6S/c1-10-11-15-27(35(45)32(44)20-26-16-17-26)21-31(43)34-33-30(39(33,8)9)24-41(34)36(46)29(37(2,3)4)22-28(42)23-40(18-13-12-14-19-40)25-49(47,48)38(5,6)7;1-25(2,3)19(23(31)29-16-20-21(27(20,7)8)22(29)24(32)33)14-18(30)15-28(12-10-9-11-13-28)17-36(34,35)26(4,5)6/h26-27,29-30,33-35,45H,10-25H2,1-9H3;19-22H,9-17H2,1-8H3,(H,32,33)/t27-,29-,30+,33+,34-,35+;19-,20+,21+,22+/m11/s1. The number of amides is 2. The number of ketones is 4. The van der Waals surface area contributed by atoms with Gasteiger partial charge in [-0.15, -0.1) is 0 Å². The fourth-order valence-electron chi connectivity index (χ4n) is 15.8. The van der Waals surface area contributed by atoms with Gasteiger partial charge in [-0.2, -0.15) is 0 Å². The van der Waals surface area contributed by atoms with Crippen LogP contribution in [0.3, 0.4) is 0 Å². The van der Waals surface area contributed by atoms with E-state index >= 15 is 0 Å². The molecule has 10 atom stereocenters. The van der Waals surface area contributed by atoms with Crippen molar-refractivity contribution < 1.29 is 60.6 Å². The fourth-order valence-corrected chi connectivity index (χ4v) is 19.1. The number of carboxylic acids is 1. The number of hydrogen-bond acceptors (Lipinski definition) is 12. The molecular weight excluding hydrogens is 1120 g/mol. The zero-order valence-corrected chi connectivity index (χ0v) is 57.3. The molecule has 486 valence electrons. The van der Waals surface area contributed by atoms with Crippen LogP contribution in [0.2, 0.25) is 0 Å². The van der Waals surface area contributed by atoms with Crippen molar-refractivity contribution in [3.05, 3.63) is 0 Å². The molecular formula is C68H114N2O13S2. The van der Waals surface area contributed by atoms with Crippen LogP contribution >= 0.6 is 0 Å². The van der Waals surface area contributed by atoms with Crippen molar-refractivity contribution in [1.29, 1.82) is 0 Å². The zero-order valence-electron chi connectivity index (χ0n) is 55.6. The van der Waals surface area contributed by atoms with Gasteiger partial charge in [-0.25, -0.2) is 21.6 Å². The number of hydrogen-bond donors (Lipinski definition) is 2. The number of Topliss-reactive ketones (excluding diaryl/α,β-unsaturated/α-hetero) is 4. The smallest absolute Gasteiger partial charge is 0.326 e. The molecule has 85 heavy (non-hydrogen) atoms. The van der Waals surface area contributed by atoms with E-state index in [-0.39, 0.29) is 113 Å². The SMILES string of the molecule is CC(C)(C)[C@H](CC(=O)CC1(CS(=O)(=O)C(C)(C)C)CCCCC1)C(=O)N1C[C@H]2[C@@H]([C@H]1C(=O)O)C2(C)C.CCCC[C@H](CC(=O)[C@@H]1[C@@H]2[C@H](CN1C(=O)[C@@H](CC(=O)CC1(CS(=O)(=O)C(C)(C)C)CCCCC1)C(C)(C)C)C2(C)C)[C@H](O)C(=O)CC1CC1. The largest absolute Gasteiger partial charge is 0.480 e. The number of aliphatic carboxylic acids is 1. The van der Waals surface area contributed by atoms with Crippen LogP contribution < -0.4 is 0 Å². The first-order valence-corrected chi connectivity index (χ1v) is 36.1. The number of sulfone groups is 2. The lowest BCUT2D eigenvalue weighted by molar-refractivity contribution is -0.154. The number of likely N-dealkylation sites (tertiary alicyclic amines) is 2. The highest BCUT2D eigenvalue weighted by molar-refractivity contribution is 7.93. The Morgan fingerprint density at radius 3 is 1.28 bits per heavy atom. The summed E-state index contributed by atoms with van der Waals surface area (Å²) in [6.45, 7) is 33.2. The zero-order chi connectivity index (χ0) is 64.2. The van der Waals surface area contributed by atoms with Crippen molar-refractivity contribution in [2.45, 2.75) is 280 Å². The Balaban J connectivity index is 0.000000285. The van der Waals surface area contributed by atoms with E-state index in [2.05, 4.69) is 34.6 Å². The average molecular weight is 1230 g/mol. The summed E-state index contributed by atoms with van der Waals surface area (Å²) in [5.41, 5.74) is -2.47. The number of carboxylic acid groups (broad SMARTS) is 1. The lowest BCUT2D eigenvalue weighted by atomic mass is 9.70. The molecule has 7 aliphatic rings. The molecule has 0 aromatic carbocycles. The van der Waals surface area contributed by atoms with E-state index in [0.717, 1.165) is 64.2 Å². The normalized spacial score (nSPS) is 27.5. The van der Waals surface area contributed by atoms with Gasteiger partial charge >= 0.3 is 5.97 Å². The van der Waals surface area contributed by atoms with Crippen LogP contribution in [0, 0.1) is 79.8 Å². The van der Waals surface area contributed by atoms with E-state index in [9.17, 15) is 60.6 Å². The quantitative estimate of drug-likeness (QED) is 0.0866. The van der Waals surface area contributed by atoms with E-state index in [0.29, 0.717) is 57.5 Å². The summed E-state index contributed by atoms with van der Waals surface area (Å²) >= 11 is 0. The van der Waals surface area contributed by atoms with Crippen molar-refractivity contribution in [2.75, 3.05) is 24.6 Å². The van der Waals surface area contributed by atoms with E-state index in [1.807, 2.05) is 41.5 Å². The van der Waals surface area contributed by atoms with Crippen molar-refractivity contribution in [1.82, 2.24) is 9.80 Å². The molecule has 2 N–H and O–H groups in total. The maximum atomic E-state index is 14.6. The first kappa shape index (κ1) is 71.0. The Bertz CT molecular complexity index is 2700. The van der Waals surface area contributed by atoms with Gasteiger partial charge in [0.15, 0.2) is 31.2 Å². The molecule has 0 radical (unpaired) electrons. The molecule has 2 aliphatic heterocycles. The fraction of sp³-hybridized carbons (Fsp3) is 0.897. The van der Waals surface area contributed by atoms with Crippen LogP contribution in [0.4, 0.5) is 0 Å². The maximum absolute atomic E-state index is 14.6. The van der Waals surface area contributed by atoms with Gasteiger partial charge in [0.25, 0.3) is 0 Å². The van der Waals surface area contributed by atoms with Crippen LogP contribution in [-0.4, -0.2) is 130 Å². The predicted octanol–water partition coefficient (Wildman–Crippen LogP) is 11.9. The molecule has 0 aromatic rings. The van der Waals surface area contributed by atoms with Gasteiger partial charge in [0.1, 0.15) is 23.7 Å². The van der Waals surface area contributed by atoms with Crippen LogP contribution in [0.5, 0.6) is 0 Å². The van der Waals surface area contributed by atoms with Crippen molar-refractivity contribution >= 4 is 60.6 Å². The molecule has 0 unspecified atom stereocenters. The molecule has 7 rings (SSSR count). The van der Waals surface area contributed by atoms with E-state index in [1.54, 1.807) is 46.4 Å². The Kier molecular flexibility index (Phi) is 21.5. The summed E-state index contributed by atoms with van der Waals surface area (Å²) in [5, 5.41) is 21.1. The number of piperidine rings is 2. The summed E-state index contributed by atoms with van der Waals surface area (Å²) in [5.74, 6) is -2.96. The molecule has 2 heterocycles. The van der Waals surface area contributed by atoms with E-state index in [1.165, 1.54) is 4.90 Å². The summed E-state index contributed by atoms with van der Waals surface area (Å²) < 4.78 is 51.2. The number of unbranched alkanes of at least 4 members (excludes halogenated alkanes) is 1. The highest BCUT2D eigenvalue weighted by Crippen LogP contribution is 2.66. The molecule has 0 aromatic heterocycles. The Morgan fingerprint density at radius 1 is 0.565 bits per heavy atom. The third-order valence-corrected chi connectivity index (χ3v) is 28.0. The van der Waals surface area contributed by atoms with Crippen LogP contribution in [-0.2, 0) is 53.2 Å². The van der Waals surface area contributed by atoms with Gasteiger partial charge < -0.3 is 20.0 Å². The Labute approximate surface area is 513 Å². The second-order valence-corrected chi connectivity index (χ2v) is 39.3. The highest BCUT2D eigenvalue weighted by atomic mass is 32.2. The molecule has 17 heteroatoms. The van der Waals surface area contributed by atoms with Gasteiger partial charge in [0, 0.05) is 69.4 Å². The lowest BCUT2D eigenvalue weighted by Crippen LogP contribution is -2.51. The highest BCUT2D eigenvalue weighted by Gasteiger charge is 2.71. The number of aliphatic hydroxyl groups excluding tert-OH is 1. The van der Waals surface area contributed by atoms with Crippen LogP contribution in [0.15, 0.2) is 0 Å². The molecule has 0 spiro atoms. The summed E-state index contributed by atoms with van der Waals surface area (Å²) in [4.78, 5) is 98.5. The van der Waals surface area contributed by atoms with E-state index in [4.69, 9.17) is 0 Å². The number of fused-ring (bicyclic) bond motifs is 2. The van der Waals surface area contributed by atoms with Gasteiger partial charge in [0.05, 0.1) is 27.0 Å². The topological polar surface area (TPSA) is 235 Å². The van der Waals surface area contributed by atoms with Gasteiger partial charge in [-0.05, 0) is 149 Å². The Morgan fingerprint density at radius 2 is 0.941 bits per heavy atom. The third kappa shape index (κ3) is 16.3. The predicted molar refractivity (Wildman–Crippen MR) is 334 cm³/mol. The number of carbonyl (C=O) groups excluding carboxylic acids is 6. The third-order valence-electron chi connectivity index (χ3n) is 22.3. The molecule has 2 saturated heterocycles. The summed E-state index contributed by atoms with van der Waals surface area (Å²) in [6.07, 6.45) is 12.4. The second-order valence-electron chi connectivity index (χ2n) is 33.8. The van der Waals surface area contributed by atoms with Crippen molar-refractivity contribution in [3.8, 4) is 0 Å². The Hall–Kier alpha value is -3.05. The first-order valence-electron chi connectivity index (χ1n) is 32.8. The summed E-state index contributed by atoms with van der Waals surface area (Å²) in [6, 6.07) is -1.48. The molecule has 5 aliphatic carbocycles. The first-order chi connectivity index (χ1) is 38.8. The average Bonchev–Trinajstić information content (AvgIpc) is 1.55. The summed E-state index contributed by atoms with van der Waals surface area (Å²) in [7, 11) is -6.86. The second kappa shape index (κ2) is 25.7. The number of rotatable bonds is 25. The number of carbonyl (C=O) groups is 7. The molecule has 7 fully saturated rings. The minimum atomic E-state index is -3.45. The van der Waals surface area contributed by atoms with Gasteiger partial charge in [-0.1, -0.05) is 128 Å². The van der Waals surface area contributed by atoms with Crippen molar-refractivity contribution in [3.63, 3.8) is 0 Å². The molecule has 5 saturated carbocycles. The minimum Gasteiger partial charge on any atom is -0.480 e.